The minimum Gasteiger partial charge on any atom is -0.366 e. The van der Waals surface area contributed by atoms with Crippen molar-refractivity contribution in [3.05, 3.63) is 22.8 Å². The summed E-state index contributed by atoms with van der Waals surface area (Å²) in [6.07, 6.45) is -0.299. The van der Waals surface area contributed by atoms with Crippen molar-refractivity contribution in [1.29, 1.82) is 0 Å². The van der Waals surface area contributed by atoms with Crippen LogP contribution in [0.5, 0.6) is 0 Å². The fourth-order valence-electron chi connectivity index (χ4n) is 2.66. The lowest BCUT2D eigenvalue weighted by molar-refractivity contribution is -0.137. The number of anilines is 1. The van der Waals surface area contributed by atoms with E-state index in [-0.39, 0.29) is 11.1 Å². The van der Waals surface area contributed by atoms with E-state index in [0.717, 1.165) is 25.1 Å². The molecule has 0 aromatic carbocycles. The van der Waals surface area contributed by atoms with Crippen LogP contribution in [0.1, 0.15) is 38.7 Å². The molecule has 1 N–H and O–H groups in total. The van der Waals surface area contributed by atoms with Crippen molar-refractivity contribution in [3.8, 4) is 0 Å². The van der Waals surface area contributed by atoms with Gasteiger partial charge in [-0.25, -0.2) is 4.98 Å². The van der Waals surface area contributed by atoms with Gasteiger partial charge in [-0.15, -0.1) is 0 Å². The van der Waals surface area contributed by atoms with Crippen molar-refractivity contribution in [1.82, 2.24) is 4.98 Å². The Labute approximate surface area is 121 Å². The molecule has 0 amide bonds. The highest BCUT2D eigenvalue weighted by Gasteiger charge is 2.32. The van der Waals surface area contributed by atoms with Crippen molar-refractivity contribution < 1.29 is 13.2 Å². The second-order valence-electron chi connectivity index (χ2n) is 5.57. The molecule has 0 spiro atoms. The van der Waals surface area contributed by atoms with Gasteiger partial charge in [0.25, 0.3) is 0 Å². The summed E-state index contributed by atoms with van der Waals surface area (Å²) in [4.78, 5) is 3.84. The van der Waals surface area contributed by atoms with Crippen molar-refractivity contribution in [3.63, 3.8) is 0 Å². The van der Waals surface area contributed by atoms with Gasteiger partial charge in [-0.2, -0.15) is 13.2 Å². The van der Waals surface area contributed by atoms with Crippen LogP contribution in [0.3, 0.4) is 0 Å². The van der Waals surface area contributed by atoms with Crippen molar-refractivity contribution >= 4 is 17.4 Å². The van der Waals surface area contributed by atoms with E-state index >= 15 is 0 Å². The Morgan fingerprint density at radius 3 is 2.60 bits per heavy atom. The minimum atomic E-state index is -4.41. The van der Waals surface area contributed by atoms with Crippen molar-refractivity contribution in [2.24, 2.45) is 11.8 Å². The highest BCUT2D eigenvalue weighted by molar-refractivity contribution is 6.33. The van der Waals surface area contributed by atoms with Gasteiger partial charge in [-0.3, -0.25) is 0 Å². The van der Waals surface area contributed by atoms with E-state index in [1.165, 1.54) is 6.42 Å². The Morgan fingerprint density at radius 1 is 1.30 bits per heavy atom. The Morgan fingerprint density at radius 2 is 2.00 bits per heavy atom. The number of hydrogen-bond acceptors (Lipinski definition) is 2. The molecule has 1 heterocycles. The average Bonchev–Trinajstić information content (AvgIpc) is 2.36. The number of nitrogens with one attached hydrogen (secondary N) is 1. The zero-order chi connectivity index (χ0) is 14.9. The number of hydrogen-bond donors (Lipinski definition) is 1. The number of aromatic nitrogens is 1. The lowest BCUT2D eigenvalue weighted by atomic mass is 9.78. The van der Waals surface area contributed by atoms with Gasteiger partial charge in [-0.1, -0.05) is 38.3 Å². The summed E-state index contributed by atoms with van der Waals surface area (Å²) in [5, 5.41) is 3.22. The van der Waals surface area contributed by atoms with Crippen LogP contribution in [0.25, 0.3) is 0 Å². The van der Waals surface area contributed by atoms with E-state index in [4.69, 9.17) is 11.6 Å². The molecule has 3 unspecified atom stereocenters. The van der Waals surface area contributed by atoms with E-state index in [0.29, 0.717) is 17.7 Å². The van der Waals surface area contributed by atoms with Crippen LogP contribution in [-0.2, 0) is 6.18 Å². The molecule has 6 heteroatoms. The van der Waals surface area contributed by atoms with Crippen LogP contribution >= 0.6 is 11.6 Å². The molecule has 2 nitrogen and oxygen atoms in total. The Balaban J connectivity index is 2.14. The Hall–Kier alpha value is -0.970. The lowest BCUT2D eigenvalue weighted by Crippen LogP contribution is -2.35. The molecule has 1 aliphatic rings. The maximum absolute atomic E-state index is 12.6. The summed E-state index contributed by atoms with van der Waals surface area (Å²) in [6.45, 7) is 4.35. The Bertz CT molecular complexity index is 476. The summed E-state index contributed by atoms with van der Waals surface area (Å²) in [7, 11) is 0. The van der Waals surface area contributed by atoms with Gasteiger partial charge in [0, 0.05) is 12.2 Å². The van der Waals surface area contributed by atoms with Crippen LogP contribution in [0.2, 0.25) is 5.02 Å². The first-order valence-electron chi connectivity index (χ1n) is 6.78. The molecule has 112 valence electrons. The van der Waals surface area contributed by atoms with Crippen LogP contribution in [0.15, 0.2) is 12.3 Å². The molecular weight excluding hydrogens is 289 g/mol. The number of rotatable bonds is 2. The standard InChI is InChI=1S/C14H18ClF3N2/c1-8-4-3-5-12(9(8)2)20-13-11(15)6-10(7-19-13)14(16,17)18/h6-9,12H,3-5H2,1-2H3,(H,19,20). The summed E-state index contributed by atoms with van der Waals surface area (Å²) in [5.41, 5.74) is -0.821. The molecule has 2 rings (SSSR count). The largest absolute Gasteiger partial charge is 0.417 e. The maximum Gasteiger partial charge on any atom is 0.417 e. The molecule has 0 saturated heterocycles. The highest BCUT2D eigenvalue weighted by atomic mass is 35.5. The van der Waals surface area contributed by atoms with Crippen LogP contribution < -0.4 is 5.32 Å². The average molecular weight is 307 g/mol. The van der Waals surface area contributed by atoms with Gasteiger partial charge in [-0.05, 0) is 24.3 Å². The first-order valence-corrected chi connectivity index (χ1v) is 7.16. The molecule has 0 radical (unpaired) electrons. The van der Waals surface area contributed by atoms with Gasteiger partial charge in [0.05, 0.1) is 10.6 Å². The number of pyridine rings is 1. The summed E-state index contributed by atoms with van der Waals surface area (Å²) >= 11 is 5.91. The summed E-state index contributed by atoms with van der Waals surface area (Å²) in [6, 6.07) is 1.13. The third-order valence-electron chi connectivity index (χ3n) is 4.20. The molecule has 0 bridgehead atoms. The van der Waals surface area contributed by atoms with Crippen LogP contribution in [0, 0.1) is 11.8 Å². The first kappa shape index (κ1) is 15.4. The van der Waals surface area contributed by atoms with E-state index < -0.39 is 11.7 Å². The number of nitrogens with zero attached hydrogens (tertiary/aromatic N) is 1. The second kappa shape index (κ2) is 5.80. The number of halogens is 4. The van der Waals surface area contributed by atoms with E-state index in [1.807, 2.05) is 0 Å². The van der Waals surface area contributed by atoms with E-state index in [9.17, 15) is 13.2 Å². The van der Waals surface area contributed by atoms with Crippen LogP contribution in [0.4, 0.5) is 19.0 Å². The summed E-state index contributed by atoms with van der Waals surface area (Å²) < 4.78 is 37.7. The van der Waals surface area contributed by atoms with Gasteiger partial charge in [0.15, 0.2) is 0 Å². The first-order chi connectivity index (χ1) is 9.29. The molecule has 0 aliphatic heterocycles. The third-order valence-corrected chi connectivity index (χ3v) is 4.49. The van der Waals surface area contributed by atoms with E-state index in [1.54, 1.807) is 0 Å². The molecule has 1 aliphatic carbocycles. The molecule has 3 atom stereocenters. The van der Waals surface area contributed by atoms with Gasteiger partial charge in [0.2, 0.25) is 0 Å². The highest BCUT2D eigenvalue weighted by Crippen LogP contribution is 2.35. The van der Waals surface area contributed by atoms with E-state index in [2.05, 4.69) is 24.1 Å². The van der Waals surface area contributed by atoms with Crippen LogP contribution in [-0.4, -0.2) is 11.0 Å². The smallest absolute Gasteiger partial charge is 0.366 e. The molecule has 1 fully saturated rings. The third kappa shape index (κ3) is 3.37. The predicted molar refractivity (Wildman–Crippen MR) is 73.8 cm³/mol. The molecule has 1 saturated carbocycles. The Kier molecular flexibility index (Phi) is 4.47. The zero-order valence-electron chi connectivity index (χ0n) is 11.5. The van der Waals surface area contributed by atoms with Gasteiger partial charge < -0.3 is 5.32 Å². The predicted octanol–water partition coefficient (Wildman–Crippen LogP) is 4.99. The molecular formula is C14H18ClF3N2. The topological polar surface area (TPSA) is 24.9 Å². The minimum absolute atomic E-state index is 0.0188. The normalized spacial score (nSPS) is 27.4. The SMILES string of the molecule is CC1CCCC(Nc2ncc(C(F)(F)F)cc2Cl)C1C. The second-order valence-corrected chi connectivity index (χ2v) is 5.98. The molecule has 1 aromatic rings. The number of alkyl halides is 3. The summed E-state index contributed by atoms with van der Waals surface area (Å²) in [5.74, 6) is 1.38. The zero-order valence-corrected chi connectivity index (χ0v) is 12.2. The molecule has 1 aromatic heterocycles. The van der Waals surface area contributed by atoms with Gasteiger partial charge in [0.1, 0.15) is 5.82 Å². The monoisotopic (exact) mass is 306 g/mol. The quantitative estimate of drug-likeness (QED) is 0.832. The van der Waals surface area contributed by atoms with Gasteiger partial charge >= 0.3 is 6.18 Å². The maximum atomic E-state index is 12.6. The van der Waals surface area contributed by atoms with Crippen molar-refractivity contribution in [2.75, 3.05) is 5.32 Å². The van der Waals surface area contributed by atoms with Crippen molar-refractivity contribution in [2.45, 2.75) is 45.3 Å². The lowest BCUT2D eigenvalue weighted by Gasteiger charge is -2.35. The fourth-order valence-corrected chi connectivity index (χ4v) is 2.88. The fraction of sp³-hybridized carbons (Fsp3) is 0.643. The molecule has 20 heavy (non-hydrogen) atoms.